The first kappa shape index (κ1) is 21.3. The predicted octanol–water partition coefficient (Wildman–Crippen LogP) is 1.30. The summed E-state index contributed by atoms with van der Waals surface area (Å²) in [6.07, 6.45) is 0.306. The number of fused-ring (bicyclic) bond motifs is 1. The van der Waals surface area contributed by atoms with Crippen molar-refractivity contribution >= 4 is 29.4 Å². The summed E-state index contributed by atoms with van der Waals surface area (Å²) >= 11 is 0. The second-order valence-electron chi connectivity index (χ2n) is 7.68. The zero-order valence-electron chi connectivity index (χ0n) is 16.5. The summed E-state index contributed by atoms with van der Waals surface area (Å²) in [5, 5.41) is 5.26. The van der Waals surface area contributed by atoms with Crippen LogP contribution in [0.3, 0.4) is 0 Å². The van der Waals surface area contributed by atoms with E-state index in [0.29, 0.717) is 0 Å². The maximum atomic E-state index is 12.6. The van der Waals surface area contributed by atoms with Crippen LogP contribution in [0.25, 0.3) is 0 Å². The Morgan fingerprint density at radius 3 is 2.14 bits per heavy atom. The Morgan fingerprint density at radius 1 is 0.929 bits per heavy atom. The number of nitrogens with one attached hydrogen (secondary N) is 2. The van der Waals surface area contributed by atoms with E-state index < -0.39 is 17.4 Å². The summed E-state index contributed by atoms with van der Waals surface area (Å²) in [4.78, 5) is 60.9. The van der Waals surface area contributed by atoms with Gasteiger partial charge in [-0.1, -0.05) is 0 Å². The van der Waals surface area contributed by atoms with Crippen LogP contribution in [0, 0.1) is 0 Å². The van der Waals surface area contributed by atoms with Gasteiger partial charge in [0.1, 0.15) is 5.78 Å². The molecule has 0 unspecified atom stereocenters. The highest BCUT2D eigenvalue weighted by Gasteiger charge is 2.42. The molecule has 1 aromatic rings. The van der Waals surface area contributed by atoms with E-state index in [9.17, 15) is 24.0 Å². The third kappa shape index (κ3) is 4.82. The van der Waals surface area contributed by atoms with Crippen molar-refractivity contribution < 1.29 is 24.0 Å². The van der Waals surface area contributed by atoms with Crippen LogP contribution >= 0.6 is 0 Å². The number of benzene rings is 1. The minimum atomic E-state index is -0.657. The van der Waals surface area contributed by atoms with Crippen molar-refractivity contribution in [2.75, 3.05) is 13.1 Å². The van der Waals surface area contributed by atoms with E-state index in [-0.39, 0.29) is 60.2 Å². The van der Waals surface area contributed by atoms with Gasteiger partial charge in [-0.25, -0.2) is 0 Å². The molecule has 1 aliphatic rings. The largest absolute Gasteiger partial charge is 0.354 e. The standard InChI is InChI=1S/C20H25N3O5/c1-12(24)5-8-16(25)21-9-10-22-17(26)13-6-7-14-15(11-13)19(28)23(18(14)27)20(2,3)4/h6-7,11H,5,8-10H2,1-4H3,(H,21,25)(H,22,26). The van der Waals surface area contributed by atoms with Gasteiger partial charge in [-0.3, -0.25) is 24.1 Å². The summed E-state index contributed by atoms with van der Waals surface area (Å²) in [5.74, 6) is -1.51. The first-order valence-corrected chi connectivity index (χ1v) is 9.09. The molecule has 0 spiro atoms. The molecule has 2 rings (SSSR count). The number of Topliss-reactive ketones (excluding diaryl/α,β-unsaturated/α-hetero) is 1. The maximum absolute atomic E-state index is 12.6. The normalized spacial score (nSPS) is 13.4. The lowest BCUT2D eigenvalue weighted by Gasteiger charge is -2.29. The molecule has 0 saturated heterocycles. The van der Waals surface area contributed by atoms with Crippen molar-refractivity contribution in [1.29, 1.82) is 0 Å². The van der Waals surface area contributed by atoms with Crippen LogP contribution in [0.4, 0.5) is 0 Å². The minimum absolute atomic E-state index is 0.0573. The van der Waals surface area contributed by atoms with Gasteiger partial charge in [0, 0.05) is 37.0 Å². The fourth-order valence-corrected chi connectivity index (χ4v) is 2.85. The highest BCUT2D eigenvalue weighted by Crippen LogP contribution is 2.29. The number of carbonyl (C=O) groups excluding carboxylic acids is 5. The maximum Gasteiger partial charge on any atom is 0.262 e. The smallest absolute Gasteiger partial charge is 0.262 e. The topological polar surface area (TPSA) is 113 Å². The van der Waals surface area contributed by atoms with E-state index in [4.69, 9.17) is 0 Å². The Morgan fingerprint density at radius 2 is 1.54 bits per heavy atom. The summed E-state index contributed by atoms with van der Waals surface area (Å²) in [7, 11) is 0. The Kier molecular flexibility index (Phi) is 6.33. The van der Waals surface area contributed by atoms with Crippen LogP contribution in [0.1, 0.15) is 71.6 Å². The van der Waals surface area contributed by atoms with Crippen molar-refractivity contribution in [3.8, 4) is 0 Å². The number of amides is 4. The molecule has 1 aliphatic heterocycles. The average Bonchev–Trinajstić information content (AvgIpc) is 2.87. The number of rotatable bonds is 7. The van der Waals surface area contributed by atoms with E-state index >= 15 is 0 Å². The van der Waals surface area contributed by atoms with Gasteiger partial charge in [-0.2, -0.15) is 0 Å². The molecule has 28 heavy (non-hydrogen) atoms. The van der Waals surface area contributed by atoms with Crippen molar-refractivity contribution in [2.45, 2.75) is 46.1 Å². The second-order valence-corrected chi connectivity index (χ2v) is 7.68. The van der Waals surface area contributed by atoms with Crippen LogP contribution in [0.2, 0.25) is 0 Å². The Bertz CT molecular complexity index is 839. The van der Waals surface area contributed by atoms with Gasteiger partial charge in [-0.05, 0) is 45.9 Å². The molecule has 0 saturated carbocycles. The summed E-state index contributed by atoms with van der Waals surface area (Å²) in [6.45, 7) is 7.15. The Hall–Kier alpha value is -3.03. The SMILES string of the molecule is CC(=O)CCC(=O)NCCNC(=O)c1ccc2c(c1)C(=O)N(C(C)(C)C)C2=O. The van der Waals surface area contributed by atoms with E-state index in [1.165, 1.54) is 30.0 Å². The Balaban J connectivity index is 1.94. The van der Waals surface area contributed by atoms with Gasteiger partial charge in [-0.15, -0.1) is 0 Å². The molecule has 8 heteroatoms. The van der Waals surface area contributed by atoms with Crippen molar-refractivity contribution in [2.24, 2.45) is 0 Å². The van der Waals surface area contributed by atoms with Gasteiger partial charge in [0.25, 0.3) is 17.7 Å². The zero-order valence-corrected chi connectivity index (χ0v) is 16.5. The lowest BCUT2D eigenvalue weighted by atomic mass is 10.1. The van der Waals surface area contributed by atoms with Gasteiger partial charge in [0.05, 0.1) is 11.1 Å². The van der Waals surface area contributed by atoms with Crippen molar-refractivity contribution in [3.05, 3.63) is 34.9 Å². The van der Waals surface area contributed by atoms with Crippen LogP contribution in [0.15, 0.2) is 18.2 Å². The molecule has 0 radical (unpaired) electrons. The van der Waals surface area contributed by atoms with Crippen LogP contribution in [0.5, 0.6) is 0 Å². The molecule has 0 aromatic heterocycles. The third-order valence-electron chi connectivity index (χ3n) is 4.26. The molecule has 0 fully saturated rings. The Labute approximate surface area is 163 Å². The van der Waals surface area contributed by atoms with E-state index in [1.54, 1.807) is 20.8 Å². The highest BCUT2D eigenvalue weighted by atomic mass is 16.2. The molecule has 1 aromatic carbocycles. The molecule has 8 nitrogen and oxygen atoms in total. The average molecular weight is 387 g/mol. The fraction of sp³-hybridized carbons (Fsp3) is 0.450. The quantitative estimate of drug-likeness (QED) is 0.541. The van der Waals surface area contributed by atoms with Crippen LogP contribution in [-0.4, -0.2) is 52.9 Å². The molecule has 2 N–H and O–H groups in total. The molecule has 0 aliphatic carbocycles. The number of nitrogens with zero attached hydrogens (tertiary/aromatic N) is 1. The van der Waals surface area contributed by atoms with Crippen LogP contribution < -0.4 is 10.6 Å². The number of ketones is 1. The molecule has 0 atom stereocenters. The second kappa shape index (κ2) is 8.33. The van der Waals surface area contributed by atoms with Gasteiger partial charge in [0.15, 0.2) is 0 Å². The van der Waals surface area contributed by atoms with Gasteiger partial charge >= 0.3 is 0 Å². The summed E-state index contributed by atoms with van der Waals surface area (Å²) in [6, 6.07) is 4.40. The fourth-order valence-electron chi connectivity index (χ4n) is 2.85. The molecule has 4 amide bonds. The molecule has 0 bridgehead atoms. The minimum Gasteiger partial charge on any atom is -0.354 e. The number of hydrogen-bond donors (Lipinski definition) is 2. The van der Waals surface area contributed by atoms with Gasteiger partial charge in [0.2, 0.25) is 5.91 Å². The first-order chi connectivity index (χ1) is 13.0. The number of imide groups is 1. The molecular weight excluding hydrogens is 362 g/mol. The van der Waals surface area contributed by atoms with E-state index in [0.717, 1.165) is 0 Å². The number of hydrogen-bond acceptors (Lipinski definition) is 5. The zero-order chi connectivity index (χ0) is 21.1. The van der Waals surface area contributed by atoms with E-state index in [2.05, 4.69) is 10.6 Å². The first-order valence-electron chi connectivity index (χ1n) is 9.09. The monoisotopic (exact) mass is 387 g/mol. The van der Waals surface area contributed by atoms with Crippen molar-refractivity contribution in [3.63, 3.8) is 0 Å². The predicted molar refractivity (Wildman–Crippen MR) is 102 cm³/mol. The summed E-state index contributed by atoms with van der Waals surface area (Å²) in [5.41, 5.74) is 0.105. The molecule has 150 valence electrons. The molecule has 1 heterocycles. The van der Waals surface area contributed by atoms with Gasteiger partial charge < -0.3 is 15.4 Å². The summed E-state index contributed by atoms with van der Waals surface area (Å²) < 4.78 is 0. The van der Waals surface area contributed by atoms with Crippen molar-refractivity contribution in [1.82, 2.24) is 15.5 Å². The highest BCUT2D eigenvalue weighted by molar-refractivity contribution is 6.22. The molecular formula is C20H25N3O5. The lowest BCUT2D eigenvalue weighted by molar-refractivity contribution is -0.124. The number of carbonyl (C=O) groups is 5. The third-order valence-corrected chi connectivity index (χ3v) is 4.26. The lowest BCUT2D eigenvalue weighted by Crippen LogP contribution is -2.45. The van der Waals surface area contributed by atoms with E-state index in [1.807, 2.05) is 0 Å². The van der Waals surface area contributed by atoms with Crippen LogP contribution in [-0.2, 0) is 9.59 Å².